The predicted octanol–water partition coefficient (Wildman–Crippen LogP) is 2.42. The van der Waals surface area contributed by atoms with Crippen molar-refractivity contribution in [1.29, 1.82) is 0 Å². The molecule has 2 N–H and O–H groups in total. The fraction of sp³-hybridized carbons (Fsp3) is 0.533. The summed E-state index contributed by atoms with van der Waals surface area (Å²) < 4.78 is 5.43. The minimum atomic E-state index is -0.775. The summed E-state index contributed by atoms with van der Waals surface area (Å²) in [5.74, 6) is -1.18. The van der Waals surface area contributed by atoms with Gasteiger partial charge in [0, 0.05) is 19.2 Å². The summed E-state index contributed by atoms with van der Waals surface area (Å²) in [7, 11) is 0. The number of carboxylic acids is 1. The molecule has 0 spiro atoms. The molecule has 0 saturated carbocycles. The maximum Gasteiger partial charge on any atom is 0.307 e. The first-order chi connectivity index (χ1) is 9.06. The van der Waals surface area contributed by atoms with Gasteiger partial charge in [0.1, 0.15) is 0 Å². The Balaban J connectivity index is 2.59. The highest BCUT2D eigenvalue weighted by Crippen LogP contribution is 2.11. The van der Waals surface area contributed by atoms with E-state index in [1.807, 2.05) is 38.1 Å². The van der Waals surface area contributed by atoms with Gasteiger partial charge in [-0.25, -0.2) is 0 Å². The van der Waals surface area contributed by atoms with Gasteiger partial charge in [-0.05, 0) is 25.0 Å². The van der Waals surface area contributed by atoms with Gasteiger partial charge < -0.3 is 15.2 Å². The minimum Gasteiger partial charge on any atom is -0.481 e. The predicted molar refractivity (Wildman–Crippen MR) is 74.9 cm³/mol. The fourth-order valence-electron chi connectivity index (χ4n) is 1.74. The monoisotopic (exact) mass is 265 g/mol. The second-order valence-electron chi connectivity index (χ2n) is 4.70. The van der Waals surface area contributed by atoms with Gasteiger partial charge in [0.25, 0.3) is 0 Å². The van der Waals surface area contributed by atoms with Gasteiger partial charge in [-0.2, -0.15) is 0 Å². The van der Waals surface area contributed by atoms with E-state index in [2.05, 4.69) is 5.32 Å². The molecule has 19 heavy (non-hydrogen) atoms. The van der Waals surface area contributed by atoms with E-state index >= 15 is 0 Å². The first-order valence-corrected chi connectivity index (χ1v) is 6.67. The van der Waals surface area contributed by atoms with E-state index in [0.717, 1.165) is 11.1 Å². The summed E-state index contributed by atoms with van der Waals surface area (Å²) in [4.78, 5) is 10.9. The molecule has 2 unspecified atom stereocenters. The Morgan fingerprint density at radius 2 is 1.95 bits per heavy atom. The summed E-state index contributed by atoms with van der Waals surface area (Å²) in [6.45, 7) is 7.51. The fourth-order valence-corrected chi connectivity index (χ4v) is 1.74. The van der Waals surface area contributed by atoms with Crippen LogP contribution in [0.2, 0.25) is 0 Å². The molecule has 0 aliphatic heterocycles. The van der Waals surface area contributed by atoms with Gasteiger partial charge in [-0.1, -0.05) is 31.2 Å². The van der Waals surface area contributed by atoms with Crippen molar-refractivity contribution < 1.29 is 14.6 Å². The number of carbonyl (C=O) groups is 1. The van der Waals surface area contributed by atoms with Crippen molar-refractivity contribution in [2.45, 2.75) is 40.0 Å². The molecule has 0 radical (unpaired) electrons. The number of benzene rings is 1. The van der Waals surface area contributed by atoms with Crippen LogP contribution < -0.4 is 5.32 Å². The summed E-state index contributed by atoms with van der Waals surface area (Å²) in [5.41, 5.74) is 2.30. The molecule has 4 nitrogen and oxygen atoms in total. The van der Waals surface area contributed by atoms with Crippen LogP contribution >= 0.6 is 0 Å². The Morgan fingerprint density at radius 1 is 1.32 bits per heavy atom. The van der Waals surface area contributed by atoms with Gasteiger partial charge in [0.2, 0.25) is 0 Å². The van der Waals surface area contributed by atoms with Gasteiger partial charge in [-0.15, -0.1) is 0 Å². The largest absolute Gasteiger partial charge is 0.481 e. The lowest BCUT2D eigenvalue weighted by Gasteiger charge is -2.19. The van der Waals surface area contributed by atoms with Crippen molar-refractivity contribution in [3.05, 3.63) is 35.4 Å². The molecule has 106 valence electrons. The zero-order chi connectivity index (χ0) is 14.3. The molecule has 4 heteroatoms. The summed E-state index contributed by atoms with van der Waals surface area (Å²) in [6.07, 6.45) is 0. The topological polar surface area (TPSA) is 58.6 Å². The average molecular weight is 265 g/mol. The minimum absolute atomic E-state index is 0.0716. The van der Waals surface area contributed by atoms with Crippen molar-refractivity contribution in [2.24, 2.45) is 5.92 Å². The van der Waals surface area contributed by atoms with Crippen LogP contribution in [0.4, 0.5) is 0 Å². The zero-order valence-corrected chi connectivity index (χ0v) is 11.8. The van der Waals surface area contributed by atoms with Crippen molar-refractivity contribution in [1.82, 2.24) is 5.32 Å². The number of hydrogen-bond acceptors (Lipinski definition) is 3. The van der Waals surface area contributed by atoms with Crippen LogP contribution in [0.15, 0.2) is 24.3 Å². The number of nitrogens with one attached hydrogen (secondary N) is 1. The highest BCUT2D eigenvalue weighted by atomic mass is 16.5. The molecule has 0 saturated heterocycles. The molecule has 1 aromatic carbocycles. The average Bonchev–Trinajstić information content (AvgIpc) is 2.42. The van der Waals surface area contributed by atoms with E-state index in [1.54, 1.807) is 6.92 Å². The van der Waals surface area contributed by atoms with Crippen LogP contribution in [0, 0.1) is 5.92 Å². The van der Waals surface area contributed by atoms with Gasteiger partial charge in [-0.3, -0.25) is 4.79 Å². The SMILES string of the molecule is CCOCc1ccccc1CNC(C)C(C)C(=O)O. The van der Waals surface area contributed by atoms with Crippen LogP contribution in [0.5, 0.6) is 0 Å². The molecule has 0 aliphatic rings. The van der Waals surface area contributed by atoms with E-state index in [9.17, 15) is 4.79 Å². The number of rotatable bonds is 8. The summed E-state index contributed by atoms with van der Waals surface area (Å²) in [6, 6.07) is 7.98. The Kier molecular flexibility index (Phi) is 6.53. The highest BCUT2D eigenvalue weighted by Gasteiger charge is 2.18. The first kappa shape index (κ1) is 15.7. The van der Waals surface area contributed by atoms with Gasteiger partial charge >= 0.3 is 5.97 Å². The Morgan fingerprint density at radius 3 is 2.53 bits per heavy atom. The molecule has 1 rings (SSSR count). The number of ether oxygens (including phenoxy) is 1. The normalized spacial score (nSPS) is 14.1. The van der Waals surface area contributed by atoms with Crippen molar-refractivity contribution in [2.75, 3.05) is 6.61 Å². The lowest BCUT2D eigenvalue weighted by Crippen LogP contribution is -2.35. The standard InChI is InChI=1S/C15H23NO3/c1-4-19-10-14-8-6-5-7-13(14)9-16-12(3)11(2)15(17)18/h5-8,11-12,16H,4,9-10H2,1-3H3,(H,17,18). The number of hydrogen-bond donors (Lipinski definition) is 2. The Labute approximate surface area is 114 Å². The molecule has 0 aliphatic carbocycles. The lowest BCUT2D eigenvalue weighted by molar-refractivity contribution is -0.141. The third-order valence-electron chi connectivity index (χ3n) is 3.33. The third-order valence-corrected chi connectivity index (χ3v) is 3.33. The summed E-state index contributed by atoms with van der Waals surface area (Å²) >= 11 is 0. The number of aliphatic carboxylic acids is 1. The number of carboxylic acid groups (broad SMARTS) is 1. The van der Waals surface area contributed by atoms with Crippen LogP contribution in [0.3, 0.4) is 0 Å². The molecule has 0 bridgehead atoms. The Bertz CT molecular complexity index is 406. The van der Waals surface area contributed by atoms with Crippen LogP contribution in [-0.2, 0) is 22.7 Å². The molecule has 1 aromatic rings. The quantitative estimate of drug-likeness (QED) is 0.758. The zero-order valence-electron chi connectivity index (χ0n) is 11.8. The van der Waals surface area contributed by atoms with Crippen LogP contribution in [-0.4, -0.2) is 23.7 Å². The van der Waals surface area contributed by atoms with Crippen LogP contribution in [0.25, 0.3) is 0 Å². The maximum absolute atomic E-state index is 10.9. The van der Waals surface area contributed by atoms with E-state index in [0.29, 0.717) is 19.8 Å². The second kappa shape index (κ2) is 7.92. The van der Waals surface area contributed by atoms with Crippen molar-refractivity contribution in [3.63, 3.8) is 0 Å². The van der Waals surface area contributed by atoms with Gasteiger partial charge in [0.05, 0.1) is 12.5 Å². The van der Waals surface area contributed by atoms with Gasteiger partial charge in [0.15, 0.2) is 0 Å². The molecular weight excluding hydrogens is 242 g/mol. The van der Waals surface area contributed by atoms with Crippen LogP contribution in [0.1, 0.15) is 31.9 Å². The van der Waals surface area contributed by atoms with E-state index in [1.165, 1.54) is 0 Å². The molecule has 0 aromatic heterocycles. The summed E-state index contributed by atoms with van der Waals surface area (Å²) in [5, 5.41) is 12.2. The van der Waals surface area contributed by atoms with E-state index in [4.69, 9.17) is 9.84 Å². The lowest BCUT2D eigenvalue weighted by atomic mass is 10.0. The van der Waals surface area contributed by atoms with E-state index < -0.39 is 11.9 Å². The third kappa shape index (κ3) is 5.01. The smallest absolute Gasteiger partial charge is 0.307 e. The molecule has 0 fully saturated rings. The molecule has 0 heterocycles. The van der Waals surface area contributed by atoms with Crippen molar-refractivity contribution in [3.8, 4) is 0 Å². The molecule has 2 atom stereocenters. The van der Waals surface area contributed by atoms with Crippen molar-refractivity contribution >= 4 is 5.97 Å². The Hall–Kier alpha value is -1.39. The molecule has 0 amide bonds. The second-order valence-corrected chi connectivity index (χ2v) is 4.70. The first-order valence-electron chi connectivity index (χ1n) is 6.67. The molecular formula is C15H23NO3. The highest BCUT2D eigenvalue weighted by molar-refractivity contribution is 5.70. The van der Waals surface area contributed by atoms with E-state index in [-0.39, 0.29) is 6.04 Å². The maximum atomic E-state index is 10.9.